The third-order valence-corrected chi connectivity index (χ3v) is 3.42. The fraction of sp³-hybridized carbons (Fsp3) is 0.500. The van der Waals surface area contributed by atoms with Crippen LogP contribution in [-0.4, -0.2) is 43.9 Å². The normalized spacial score (nSPS) is 11.1. The number of ether oxygens (including phenoxy) is 1. The molecule has 1 aromatic heterocycles. The summed E-state index contributed by atoms with van der Waals surface area (Å²) in [6, 6.07) is 0. The molecule has 9 heteroatoms. The van der Waals surface area contributed by atoms with Crippen LogP contribution in [0.15, 0.2) is 5.38 Å². The van der Waals surface area contributed by atoms with E-state index in [-0.39, 0.29) is 11.6 Å². The van der Waals surface area contributed by atoms with Crippen LogP contribution in [-0.2, 0) is 30.6 Å². The largest absolute Gasteiger partial charge is 0.466 e. The van der Waals surface area contributed by atoms with E-state index in [1.54, 1.807) is 12.3 Å². The first-order chi connectivity index (χ1) is 8.80. The molecule has 0 fully saturated rings. The number of nitrogens with one attached hydrogen (secondary N) is 1. The highest BCUT2D eigenvalue weighted by Crippen LogP contribution is 2.16. The van der Waals surface area contributed by atoms with E-state index in [2.05, 4.69) is 10.3 Å². The standard InChI is InChI=1S/C10H14N2O5S2/c1-3-17-9(14)4-7-5-18-10(11-7)12-8(13)6-19(2,15)16/h5H,3-4,6H2,1-2H3,(H,11,12,13). The molecule has 0 spiro atoms. The van der Waals surface area contributed by atoms with Crippen LogP contribution in [0, 0.1) is 0 Å². The van der Waals surface area contributed by atoms with Gasteiger partial charge in [0, 0.05) is 11.6 Å². The molecule has 0 saturated heterocycles. The van der Waals surface area contributed by atoms with Crippen molar-refractivity contribution < 1.29 is 22.7 Å². The van der Waals surface area contributed by atoms with Gasteiger partial charge in [0.1, 0.15) is 5.75 Å². The number of anilines is 1. The molecule has 106 valence electrons. The first-order valence-electron chi connectivity index (χ1n) is 5.37. The molecular formula is C10H14N2O5S2. The predicted molar refractivity (Wildman–Crippen MR) is 70.8 cm³/mol. The number of hydrogen-bond donors (Lipinski definition) is 1. The molecule has 0 atom stereocenters. The van der Waals surface area contributed by atoms with E-state index in [1.165, 1.54) is 0 Å². The van der Waals surface area contributed by atoms with Crippen LogP contribution in [0.25, 0.3) is 0 Å². The molecule has 0 aliphatic carbocycles. The second kappa shape index (κ2) is 6.62. The Kier molecular flexibility index (Phi) is 5.43. The number of esters is 1. The molecule has 1 aromatic rings. The van der Waals surface area contributed by atoms with Gasteiger partial charge in [-0.3, -0.25) is 9.59 Å². The maximum absolute atomic E-state index is 11.3. The lowest BCUT2D eigenvalue weighted by atomic mass is 10.3. The Morgan fingerprint density at radius 3 is 2.74 bits per heavy atom. The van der Waals surface area contributed by atoms with E-state index in [9.17, 15) is 18.0 Å². The minimum Gasteiger partial charge on any atom is -0.466 e. The Morgan fingerprint density at radius 1 is 1.47 bits per heavy atom. The van der Waals surface area contributed by atoms with Crippen LogP contribution in [0.4, 0.5) is 5.13 Å². The molecule has 0 bridgehead atoms. The topological polar surface area (TPSA) is 102 Å². The molecule has 1 rings (SSSR count). The average molecular weight is 306 g/mol. The molecule has 0 aromatic carbocycles. The van der Waals surface area contributed by atoms with Gasteiger partial charge >= 0.3 is 5.97 Å². The summed E-state index contributed by atoms with van der Waals surface area (Å²) in [5.41, 5.74) is 0.470. The van der Waals surface area contributed by atoms with Gasteiger partial charge in [-0.2, -0.15) is 0 Å². The molecule has 0 aliphatic rings. The van der Waals surface area contributed by atoms with Gasteiger partial charge < -0.3 is 10.1 Å². The van der Waals surface area contributed by atoms with Crippen LogP contribution in [0.2, 0.25) is 0 Å². The number of rotatable bonds is 6. The predicted octanol–water partition coefficient (Wildman–Crippen LogP) is 0.232. The zero-order chi connectivity index (χ0) is 14.5. The third kappa shape index (κ3) is 6.30. The Labute approximate surface area is 114 Å². The van der Waals surface area contributed by atoms with Gasteiger partial charge in [-0.25, -0.2) is 13.4 Å². The summed E-state index contributed by atoms with van der Waals surface area (Å²) in [7, 11) is -3.37. The summed E-state index contributed by atoms with van der Waals surface area (Å²) in [6.45, 7) is 2.00. The minimum absolute atomic E-state index is 0.0201. The first kappa shape index (κ1) is 15.6. The summed E-state index contributed by atoms with van der Waals surface area (Å²) in [5.74, 6) is -1.65. The van der Waals surface area contributed by atoms with E-state index >= 15 is 0 Å². The highest BCUT2D eigenvalue weighted by molar-refractivity contribution is 7.91. The van der Waals surface area contributed by atoms with Crippen molar-refractivity contribution in [2.75, 3.05) is 23.9 Å². The highest BCUT2D eigenvalue weighted by atomic mass is 32.2. The van der Waals surface area contributed by atoms with Gasteiger partial charge in [0.25, 0.3) is 0 Å². The summed E-state index contributed by atoms with van der Waals surface area (Å²) in [4.78, 5) is 26.5. The van der Waals surface area contributed by atoms with Crippen molar-refractivity contribution in [2.24, 2.45) is 0 Å². The SMILES string of the molecule is CCOC(=O)Cc1csc(NC(=O)CS(C)(=O)=O)n1. The number of amides is 1. The van der Waals surface area contributed by atoms with E-state index in [0.29, 0.717) is 12.3 Å². The molecule has 1 amide bonds. The molecule has 0 saturated carbocycles. The molecule has 0 unspecified atom stereocenters. The monoisotopic (exact) mass is 306 g/mol. The van der Waals surface area contributed by atoms with Crippen molar-refractivity contribution in [1.29, 1.82) is 0 Å². The van der Waals surface area contributed by atoms with Crippen molar-refractivity contribution in [3.05, 3.63) is 11.1 Å². The van der Waals surface area contributed by atoms with E-state index in [1.807, 2.05) is 0 Å². The number of thiazole rings is 1. The van der Waals surface area contributed by atoms with Crippen LogP contribution in [0.1, 0.15) is 12.6 Å². The second-order valence-corrected chi connectivity index (χ2v) is 6.74. The maximum atomic E-state index is 11.3. The summed E-state index contributed by atoms with van der Waals surface area (Å²) >= 11 is 1.12. The number of aromatic nitrogens is 1. The van der Waals surface area contributed by atoms with Gasteiger partial charge in [0.05, 0.1) is 18.7 Å². The third-order valence-electron chi connectivity index (χ3n) is 1.82. The summed E-state index contributed by atoms with van der Waals surface area (Å²) in [5, 5.41) is 4.22. The van der Waals surface area contributed by atoms with Crippen LogP contribution < -0.4 is 5.32 Å². The second-order valence-electron chi connectivity index (χ2n) is 3.74. The van der Waals surface area contributed by atoms with Crippen molar-refractivity contribution in [3.63, 3.8) is 0 Å². The quantitative estimate of drug-likeness (QED) is 0.755. The van der Waals surface area contributed by atoms with Gasteiger partial charge in [-0.1, -0.05) is 0 Å². The molecule has 0 aliphatic heterocycles. The average Bonchev–Trinajstić information content (AvgIpc) is 2.62. The molecule has 1 heterocycles. The van der Waals surface area contributed by atoms with Crippen LogP contribution in [0.3, 0.4) is 0 Å². The van der Waals surface area contributed by atoms with Crippen LogP contribution in [0.5, 0.6) is 0 Å². The van der Waals surface area contributed by atoms with Gasteiger partial charge in [0.2, 0.25) is 5.91 Å². The zero-order valence-electron chi connectivity index (χ0n) is 10.5. The van der Waals surface area contributed by atoms with E-state index in [0.717, 1.165) is 17.6 Å². The number of carbonyl (C=O) groups excluding carboxylic acids is 2. The molecule has 7 nitrogen and oxygen atoms in total. The lowest BCUT2D eigenvalue weighted by molar-refractivity contribution is -0.142. The zero-order valence-corrected chi connectivity index (χ0v) is 12.1. The molecule has 1 N–H and O–H groups in total. The minimum atomic E-state index is -3.37. The highest BCUT2D eigenvalue weighted by Gasteiger charge is 2.13. The summed E-state index contributed by atoms with van der Waals surface area (Å²) in [6.07, 6.45) is 0.993. The Balaban J connectivity index is 2.55. The van der Waals surface area contributed by atoms with Crippen LogP contribution >= 0.6 is 11.3 Å². The van der Waals surface area contributed by atoms with E-state index < -0.39 is 27.5 Å². The Morgan fingerprint density at radius 2 is 2.16 bits per heavy atom. The van der Waals surface area contributed by atoms with Crippen molar-refractivity contribution in [3.8, 4) is 0 Å². The van der Waals surface area contributed by atoms with Crippen molar-refractivity contribution in [1.82, 2.24) is 4.98 Å². The molecule has 19 heavy (non-hydrogen) atoms. The Hall–Kier alpha value is -1.48. The molecule has 0 radical (unpaired) electrons. The number of nitrogens with zero attached hydrogens (tertiary/aromatic N) is 1. The first-order valence-corrected chi connectivity index (χ1v) is 8.31. The number of sulfone groups is 1. The fourth-order valence-corrected chi connectivity index (χ4v) is 2.47. The smallest absolute Gasteiger partial charge is 0.311 e. The van der Waals surface area contributed by atoms with E-state index in [4.69, 9.17) is 4.74 Å². The maximum Gasteiger partial charge on any atom is 0.311 e. The fourth-order valence-electron chi connectivity index (χ4n) is 1.20. The lowest BCUT2D eigenvalue weighted by Crippen LogP contribution is -2.21. The van der Waals surface area contributed by atoms with Gasteiger partial charge in [0.15, 0.2) is 15.0 Å². The molecular weight excluding hydrogens is 292 g/mol. The number of hydrogen-bond acceptors (Lipinski definition) is 7. The number of carbonyl (C=O) groups is 2. The van der Waals surface area contributed by atoms with Gasteiger partial charge in [-0.05, 0) is 6.92 Å². The Bertz CT molecular complexity index is 564. The van der Waals surface area contributed by atoms with Gasteiger partial charge in [-0.15, -0.1) is 11.3 Å². The lowest BCUT2D eigenvalue weighted by Gasteiger charge is -2.00. The van der Waals surface area contributed by atoms with Crippen molar-refractivity contribution in [2.45, 2.75) is 13.3 Å². The van der Waals surface area contributed by atoms with Crippen molar-refractivity contribution >= 4 is 38.2 Å². The summed E-state index contributed by atoms with van der Waals surface area (Å²) < 4.78 is 26.6.